The minimum absolute atomic E-state index is 0.0615. The minimum Gasteiger partial charge on any atom is -0.493 e. The molecule has 3 saturated heterocycles. The van der Waals surface area contributed by atoms with Crippen molar-refractivity contribution in [2.24, 2.45) is 17.6 Å². The summed E-state index contributed by atoms with van der Waals surface area (Å²) in [7, 11) is 1.57. The van der Waals surface area contributed by atoms with Crippen molar-refractivity contribution in [3.8, 4) is 11.5 Å². The highest BCUT2D eigenvalue weighted by atomic mass is 16.5. The first-order valence-electron chi connectivity index (χ1n) is 11.3. The number of benzene rings is 1. The molecule has 0 aliphatic carbocycles. The van der Waals surface area contributed by atoms with Crippen molar-refractivity contribution in [3.05, 3.63) is 53.3 Å². The van der Waals surface area contributed by atoms with Gasteiger partial charge in [-0.05, 0) is 69.0 Å². The third-order valence-electron chi connectivity index (χ3n) is 7.64. The fourth-order valence-corrected chi connectivity index (χ4v) is 6.21. The van der Waals surface area contributed by atoms with Crippen LogP contribution in [0.2, 0.25) is 0 Å². The van der Waals surface area contributed by atoms with Gasteiger partial charge in [0, 0.05) is 41.9 Å². The number of ketones is 1. The van der Waals surface area contributed by atoms with E-state index < -0.39 is 11.5 Å². The molecule has 1 aromatic heterocycles. The number of carbonyl (C=O) groups is 2. The monoisotopic (exact) mass is 435 g/mol. The van der Waals surface area contributed by atoms with Gasteiger partial charge in [0.2, 0.25) is 0 Å². The number of nitrogens with two attached hydrogens (primary N) is 1. The van der Waals surface area contributed by atoms with Crippen LogP contribution in [0.5, 0.6) is 11.5 Å². The second kappa shape index (κ2) is 7.89. The first kappa shape index (κ1) is 20.9. The van der Waals surface area contributed by atoms with E-state index in [-0.39, 0.29) is 17.7 Å². The summed E-state index contributed by atoms with van der Waals surface area (Å²) < 4.78 is 12.1. The summed E-state index contributed by atoms with van der Waals surface area (Å²) >= 11 is 0. The van der Waals surface area contributed by atoms with Gasteiger partial charge in [0.1, 0.15) is 0 Å². The molecule has 4 aliphatic rings. The summed E-state index contributed by atoms with van der Waals surface area (Å²) in [5.41, 5.74) is 7.34. The summed E-state index contributed by atoms with van der Waals surface area (Å²) in [6.45, 7) is 3.55. The van der Waals surface area contributed by atoms with Gasteiger partial charge in [-0.2, -0.15) is 0 Å². The third kappa shape index (κ3) is 3.18. The molecule has 1 amide bonds. The minimum atomic E-state index is -1.21. The van der Waals surface area contributed by atoms with Crippen LogP contribution in [0.15, 0.2) is 36.7 Å². The highest BCUT2D eigenvalue weighted by Gasteiger charge is 2.60. The van der Waals surface area contributed by atoms with Crippen LogP contribution in [-0.4, -0.2) is 53.4 Å². The van der Waals surface area contributed by atoms with Crippen molar-refractivity contribution in [3.63, 3.8) is 0 Å². The molecule has 7 nitrogen and oxygen atoms in total. The molecule has 2 N–H and O–H groups in total. The molecule has 168 valence electrons. The summed E-state index contributed by atoms with van der Waals surface area (Å²) in [5, 5.41) is 0. The molecule has 3 atom stereocenters. The van der Waals surface area contributed by atoms with E-state index in [4.69, 9.17) is 15.2 Å². The zero-order valence-corrected chi connectivity index (χ0v) is 18.5. The summed E-state index contributed by atoms with van der Waals surface area (Å²) in [4.78, 5) is 32.3. The number of aromatic nitrogens is 1. The Labute approximate surface area is 187 Å². The predicted octanol–water partition coefficient (Wildman–Crippen LogP) is 2.40. The van der Waals surface area contributed by atoms with E-state index in [9.17, 15) is 9.59 Å². The van der Waals surface area contributed by atoms with Crippen LogP contribution >= 0.6 is 0 Å². The number of rotatable bonds is 6. The fraction of sp³-hybridized carbons (Fsp3) is 0.480. The number of methoxy groups -OCH3 is 1. The van der Waals surface area contributed by atoms with Crippen molar-refractivity contribution < 1.29 is 19.1 Å². The van der Waals surface area contributed by atoms with Crippen LogP contribution < -0.4 is 15.2 Å². The second-order valence-corrected chi connectivity index (χ2v) is 9.24. The number of nitrogens with zero attached hydrogens (tertiary/aromatic N) is 2. The van der Waals surface area contributed by atoms with Crippen LogP contribution in [0, 0.1) is 11.8 Å². The summed E-state index contributed by atoms with van der Waals surface area (Å²) in [5.74, 6) is 0.720. The lowest BCUT2D eigenvalue weighted by Crippen LogP contribution is -2.67. The molecule has 2 aromatic rings. The molecule has 0 saturated carbocycles. The quantitative estimate of drug-likeness (QED) is 0.701. The number of primary amides is 1. The molecule has 7 heteroatoms. The van der Waals surface area contributed by atoms with Gasteiger partial charge in [-0.15, -0.1) is 0 Å². The van der Waals surface area contributed by atoms with E-state index in [0.29, 0.717) is 29.4 Å². The summed E-state index contributed by atoms with van der Waals surface area (Å²) in [6.07, 6.45) is 6.76. The molecular weight excluding hydrogens is 406 g/mol. The number of hydrogen-bond acceptors (Lipinski definition) is 6. The zero-order valence-electron chi connectivity index (χ0n) is 18.5. The van der Waals surface area contributed by atoms with E-state index in [2.05, 4.69) is 16.0 Å². The van der Waals surface area contributed by atoms with E-state index in [1.807, 2.05) is 12.3 Å². The van der Waals surface area contributed by atoms with Crippen LogP contribution in [0.3, 0.4) is 0 Å². The molecule has 6 rings (SSSR count). The maximum Gasteiger partial charge on any atom is 0.262 e. The Bertz CT molecular complexity index is 1050. The number of piperidine rings is 3. The number of pyridine rings is 1. The number of hydrogen-bond donors (Lipinski definition) is 1. The molecule has 2 bridgehead atoms. The van der Waals surface area contributed by atoms with Crippen molar-refractivity contribution in [2.45, 2.75) is 44.2 Å². The Balaban J connectivity index is 1.60. The summed E-state index contributed by atoms with van der Waals surface area (Å²) in [6, 6.07) is 7.61. The number of amides is 1. The normalized spacial score (nSPS) is 30.4. The number of fused-ring (bicyclic) bond motifs is 4. The van der Waals surface area contributed by atoms with Gasteiger partial charge in [-0.3, -0.25) is 19.5 Å². The van der Waals surface area contributed by atoms with Gasteiger partial charge in [0.25, 0.3) is 5.91 Å². The molecule has 4 aliphatic heterocycles. The topological polar surface area (TPSA) is 94.8 Å². The lowest BCUT2D eigenvalue weighted by Gasteiger charge is -2.55. The molecule has 32 heavy (non-hydrogen) atoms. The molecule has 0 radical (unpaired) electrons. The highest BCUT2D eigenvalue weighted by Crippen LogP contribution is 2.53. The fourth-order valence-electron chi connectivity index (χ4n) is 6.21. The molecule has 0 spiro atoms. The Hall–Kier alpha value is -2.93. The Morgan fingerprint density at radius 2 is 2.06 bits per heavy atom. The lowest BCUT2D eigenvalue weighted by atomic mass is 9.63. The molecule has 1 aromatic carbocycles. The lowest BCUT2D eigenvalue weighted by molar-refractivity contribution is -0.152. The van der Waals surface area contributed by atoms with Crippen LogP contribution in [0.1, 0.15) is 41.3 Å². The van der Waals surface area contributed by atoms with Crippen LogP contribution in [0.25, 0.3) is 0 Å². The largest absolute Gasteiger partial charge is 0.493 e. The number of Topliss-reactive ketones (excluding diaryl/α,β-unsaturated/α-hetero) is 1. The third-order valence-corrected chi connectivity index (χ3v) is 7.64. The Morgan fingerprint density at radius 1 is 1.28 bits per heavy atom. The van der Waals surface area contributed by atoms with Crippen molar-refractivity contribution >= 4 is 11.7 Å². The first-order chi connectivity index (χ1) is 15.4. The van der Waals surface area contributed by atoms with E-state index in [1.165, 1.54) is 6.92 Å². The Kier molecular flexibility index (Phi) is 5.16. The predicted molar refractivity (Wildman–Crippen MR) is 119 cm³/mol. The average Bonchev–Trinajstić information content (AvgIpc) is 3.21. The average molecular weight is 436 g/mol. The van der Waals surface area contributed by atoms with Crippen molar-refractivity contribution in [1.82, 2.24) is 9.88 Å². The number of carbonyl (C=O) groups excluding carboxylic acids is 2. The molecule has 3 fully saturated rings. The maximum absolute atomic E-state index is 13.2. The SMILES string of the molecule is COc1ccc(C(C)=O)c2c1OC(C(N)=O)(C1C3CCN(CC3)C1Cc1cccnc1)C2. The van der Waals surface area contributed by atoms with E-state index >= 15 is 0 Å². The molecular formula is C25H29N3O4. The second-order valence-electron chi connectivity index (χ2n) is 9.24. The van der Waals surface area contributed by atoms with Gasteiger partial charge >= 0.3 is 0 Å². The Morgan fingerprint density at radius 3 is 2.69 bits per heavy atom. The van der Waals surface area contributed by atoms with E-state index in [1.54, 1.807) is 25.4 Å². The van der Waals surface area contributed by atoms with Gasteiger partial charge in [-0.25, -0.2) is 0 Å². The van der Waals surface area contributed by atoms with Crippen molar-refractivity contribution in [2.75, 3.05) is 20.2 Å². The van der Waals surface area contributed by atoms with Crippen LogP contribution in [0.4, 0.5) is 0 Å². The van der Waals surface area contributed by atoms with E-state index in [0.717, 1.165) is 43.5 Å². The first-order valence-corrected chi connectivity index (χ1v) is 11.3. The van der Waals surface area contributed by atoms with Gasteiger partial charge in [0.05, 0.1) is 7.11 Å². The van der Waals surface area contributed by atoms with Gasteiger partial charge in [-0.1, -0.05) is 6.07 Å². The molecule has 3 unspecified atom stereocenters. The highest BCUT2D eigenvalue weighted by molar-refractivity contribution is 5.98. The number of ether oxygens (including phenoxy) is 2. The van der Waals surface area contributed by atoms with Crippen LogP contribution in [-0.2, 0) is 17.6 Å². The van der Waals surface area contributed by atoms with Gasteiger partial charge in [0.15, 0.2) is 22.9 Å². The zero-order chi connectivity index (χ0) is 22.5. The van der Waals surface area contributed by atoms with Gasteiger partial charge < -0.3 is 15.2 Å². The standard InChI is InChI=1S/C25H29N3O4/c1-15(29)18-5-6-21(31-2)23-19(18)13-25(32-23,24(26)30)22-17-7-10-28(11-8-17)20(22)12-16-4-3-9-27-14-16/h3-6,9,14,17,20,22H,7-8,10-13H2,1-2H3,(H2,26,30). The van der Waals surface area contributed by atoms with Crippen molar-refractivity contribution in [1.29, 1.82) is 0 Å². The molecule has 5 heterocycles. The maximum atomic E-state index is 13.2. The smallest absolute Gasteiger partial charge is 0.262 e.